The van der Waals surface area contributed by atoms with E-state index < -0.39 is 27.7 Å². The minimum Gasteiger partial charge on any atom is -0.425 e. The summed E-state index contributed by atoms with van der Waals surface area (Å²) in [5.74, 6) is -0.573. The molecule has 0 aliphatic heterocycles. The van der Waals surface area contributed by atoms with E-state index in [1.807, 2.05) is 37.3 Å². The van der Waals surface area contributed by atoms with Gasteiger partial charge >= 0.3 is 11.6 Å². The van der Waals surface area contributed by atoms with Crippen LogP contribution in [-0.4, -0.2) is 20.4 Å². The molecule has 180 valence electrons. The molecule has 1 atom stereocenters. The number of aryl methyl sites for hydroxylation is 2. The van der Waals surface area contributed by atoms with E-state index in [2.05, 4.69) is 4.72 Å². The van der Waals surface area contributed by atoms with E-state index >= 15 is 0 Å². The van der Waals surface area contributed by atoms with Gasteiger partial charge in [-0.05, 0) is 55.7 Å². The number of rotatable bonds is 7. The predicted octanol–water partition coefficient (Wildman–Crippen LogP) is 4.74. The molecule has 0 aliphatic rings. The van der Waals surface area contributed by atoms with Crippen molar-refractivity contribution in [1.29, 1.82) is 0 Å². The van der Waals surface area contributed by atoms with E-state index in [0.717, 1.165) is 11.1 Å². The topological polar surface area (TPSA) is 103 Å². The molecule has 0 radical (unpaired) electrons. The van der Waals surface area contributed by atoms with Crippen molar-refractivity contribution in [2.45, 2.75) is 38.1 Å². The maximum atomic E-state index is 12.9. The molecule has 4 aromatic rings. The van der Waals surface area contributed by atoms with Crippen LogP contribution in [0.5, 0.6) is 5.75 Å². The van der Waals surface area contributed by atoms with Crippen LogP contribution in [0.25, 0.3) is 22.1 Å². The number of fused-ring (bicyclic) bond motifs is 1. The zero-order valence-corrected chi connectivity index (χ0v) is 20.4. The highest BCUT2D eigenvalue weighted by Crippen LogP contribution is 2.33. The second-order valence-corrected chi connectivity index (χ2v) is 9.94. The Morgan fingerprint density at radius 1 is 1.00 bits per heavy atom. The van der Waals surface area contributed by atoms with Crippen molar-refractivity contribution in [1.82, 2.24) is 4.72 Å². The number of carbonyl (C=O) groups excluding carboxylic acids is 1. The Morgan fingerprint density at radius 3 is 2.34 bits per heavy atom. The van der Waals surface area contributed by atoms with E-state index in [0.29, 0.717) is 22.1 Å². The van der Waals surface area contributed by atoms with E-state index in [1.54, 1.807) is 38.1 Å². The molecule has 0 unspecified atom stereocenters. The highest BCUT2D eigenvalue weighted by atomic mass is 32.2. The molecule has 1 N–H and O–H groups in total. The lowest BCUT2D eigenvalue weighted by Crippen LogP contribution is -2.42. The van der Waals surface area contributed by atoms with Gasteiger partial charge in [-0.2, -0.15) is 4.72 Å². The van der Waals surface area contributed by atoms with Gasteiger partial charge in [0, 0.05) is 17.0 Å². The van der Waals surface area contributed by atoms with Crippen molar-refractivity contribution >= 4 is 27.0 Å². The summed E-state index contributed by atoms with van der Waals surface area (Å²) < 4.78 is 38.9. The molecule has 0 bridgehead atoms. The Bertz CT molecular complexity index is 1540. The quantitative estimate of drug-likeness (QED) is 0.228. The summed E-state index contributed by atoms with van der Waals surface area (Å²) in [4.78, 5) is 25.2. The number of hydrogen-bond donors (Lipinski definition) is 1. The molecule has 35 heavy (non-hydrogen) atoms. The van der Waals surface area contributed by atoms with Gasteiger partial charge in [0.05, 0.1) is 4.90 Å². The van der Waals surface area contributed by atoms with E-state index in [-0.39, 0.29) is 17.1 Å². The van der Waals surface area contributed by atoms with Gasteiger partial charge < -0.3 is 9.15 Å². The summed E-state index contributed by atoms with van der Waals surface area (Å²) in [6.07, 6.45) is 0.184. The Balaban J connectivity index is 1.63. The number of esters is 1. The van der Waals surface area contributed by atoms with Crippen molar-refractivity contribution in [2.75, 3.05) is 0 Å². The molecule has 7 nitrogen and oxygen atoms in total. The lowest BCUT2D eigenvalue weighted by Gasteiger charge is -2.17. The highest BCUT2D eigenvalue weighted by Gasteiger charge is 2.27. The van der Waals surface area contributed by atoms with Crippen molar-refractivity contribution in [3.05, 3.63) is 94.3 Å². The maximum Gasteiger partial charge on any atom is 0.336 e. The summed E-state index contributed by atoms with van der Waals surface area (Å²) in [6, 6.07) is 19.4. The molecule has 0 saturated heterocycles. The van der Waals surface area contributed by atoms with Crippen LogP contribution >= 0.6 is 0 Å². The average molecular weight is 492 g/mol. The molecule has 0 spiro atoms. The first-order valence-electron chi connectivity index (χ1n) is 11.1. The van der Waals surface area contributed by atoms with Crippen LogP contribution in [0.15, 0.2) is 86.9 Å². The third-order valence-electron chi connectivity index (χ3n) is 5.73. The van der Waals surface area contributed by atoms with Gasteiger partial charge in [-0.1, -0.05) is 55.0 Å². The Labute approximate surface area is 203 Å². The fourth-order valence-electron chi connectivity index (χ4n) is 3.76. The van der Waals surface area contributed by atoms with E-state index in [4.69, 9.17) is 9.15 Å². The minimum absolute atomic E-state index is 0.0615. The Hall–Kier alpha value is -3.75. The van der Waals surface area contributed by atoms with E-state index in [9.17, 15) is 18.0 Å². The molecule has 8 heteroatoms. The summed E-state index contributed by atoms with van der Waals surface area (Å²) in [5, 5.41) is 0.695. The van der Waals surface area contributed by atoms with Crippen LogP contribution in [0.4, 0.5) is 0 Å². The van der Waals surface area contributed by atoms with Crippen molar-refractivity contribution in [3.8, 4) is 16.9 Å². The Kier molecular flexibility index (Phi) is 6.86. The van der Waals surface area contributed by atoms with Gasteiger partial charge in [-0.25, -0.2) is 18.0 Å². The van der Waals surface area contributed by atoms with Crippen LogP contribution < -0.4 is 15.1 Å². The third-order valence-corrected chi connectivity index (χ3v) is 7.22. The fourth-order valence-corrected chi connectivity index (χ4v) is 5.03. The zero-order chi connectivity index (χ0) is 25.2. The first-order valence-corrected chi connectivity index (χ1v) is 12.6. The van der Waals surface area contributed by atoms with Gasteiger partial charge in [0.1, 0.15) is 17.4 Å². The summed E-state index contributed by atoms with van der Waals surface area (Å²) >= 11 is 0. The molecule has 3 aromatic carbocycles. The van der Waals surface area contributed by atoms with Crippen molar-refractivity contribution < 1.29 is 22.4 Å². The first-order chi connectivity index (χ1) is 16.7. The third kappa shape index (κ3) is 5.18. The van der Waals surface area contributed by atoms with Gasteiger partial charge in [-0.3, -0.25) is 0 Å². The average Bonchev–Trinajstić information content (AvgIpc) is 2.85. The predicted molar refractivity (Wildman–Crippen MR) is 134 cm³/mol. The van der Waals surface area contributed by atoms with Crippen LogP contribution in [0.1, 0.15) is 24.5 Å². The summed E-state index contributed by atoms with van der Waals surface area (Å²) in [7, 11) is -3.92. The standard InChI is InChI=1S/C27H25NO6S/c1-4-23(28-35(31,32)20-12-10-17(2)11-13-20)27(30)33-24-15-14-21-22(19-8-6-5-7-9-19)16-25(29)34-26(21)18(24)3/h5-16,23,28H,4H2,1-3H3/t23-/m1/s1. The monoisotopic (exact) mass is 491 g/mol. The van der Waals surface area contributed by atoms with Gasteiger partial charge in [0.15, 0.2) is 0 Å². The first kappa shape index (κ1) is 24.4. The molecule has 0 amide bonds. The smallest absolute Gasteiger partial charge is 0.336 e. The normalized spacial score (nSPS) is 12.4. The number of ether oxygens (including phenoxy) is 1. The zero-order valence-electron chi connectivity index (χ0n) is 19.6. The fraction of sp³-hybridized carbons (Fsp3) is 0.185. The number of sulfonamides is 1. The highest BCUT2D eigenvalue weighted by molar-refractivity contribution is 7.89. The molecule has 1 heterocycles. The summed E-state index contributed by atoms with van der Waals surface area (Å²) in [5.41, 5.74) is 2.71. The molecule has 0 saturated carbocycles. The SMILES string of the molecule is CC[C@@H](NS(=O)(=O)c1ccc(C)cc1)C(=O)Oc1ccc2c(-c3ccccc3)cc(=O)oc2c1C. The van der Waals surface area contributed by atoms with Crippen LogP contribution in [0, 0.1) is 13.8 Å². The minimum atomic E-state index is -3.92. The molecule has 0 aliphatic carbocycles. The maximum absolute atomic E-state index is 12.9. The van der Waals surface area contributed by atoms with Gasteiger partial charge in [0.25, 0.3) is 0 Å². The van der Waals surface area contributed by atoms with Gasteiger partial charge in [0.2, 0.25) is 10.0 Å². The van der Waals surface area contributed by atoms with Crippen molar-refractivity contribution in [3.63, 3.8) is 0 Å². The van der Waals surface area contributed by atoms with Gasteiger partial charge in [-0.15, -0.1) is 0 Å². The molecule has 1 aromatic heterocycles. The number of hydrogen-bond acceptors (Lipinski definition) is 6. The largest absolute Gasteiger partial charge is 0.425 e. The molecular weight excluding hydrogens is 466 g/mol. The molecule has 4 rings (SSSR count). The number of benzene rings is 3. The second-order valence-electron chi connectivity index (χ2n) is 8.23. The van der Waals surface area contributed by atoms with Crippen LogP contribution in [-0.2, 0) is 14.8 Å². The molecular formula is C27H25NO6S. The van der Waals surface area contributed by atoms with Crippen LogP contribution in [0.2, 0.25) is 0 Å². The second kappa shape index (κ2) is 9.85. The van der Waals surface area contributed by atoms with Crippen molar-refractivity contribution in [2.24, 2.45) is 0 Å². The number of carbonyl (C=O) groups is 1. The Morgan fingerprint density at radius 2 is 1.69 bits per heavy atom. The lowest BCUT2D eigenvalue weighted by molar-refractivity contribution is -0.136. The number of nitrogens with one attached hydrogen (secondary N) is 1. The van der Waals surface area contributed by atoms with Crippen LogP contribution in [0.3, 0.4) is 0 Å². The summed E-state index contributed by atoms with van der Waals surface area (Å²) in [6.45, 7) is 5.22. The van der Waals surface area contributed by atoms with E-state index in [1.165, 1.54) is 18.2 Å². The lowest BCUT2D eigenvalue weighted by atomic mass is 10.0. The molecule has 0 fully saturated rings.